The molecule has 0 aliphatic rings. The molecule has 0 N–H and O–H groups in total. The summed E-state index contributed by atoms with van der Waals surface area (Å²) in [6.07, 6.45) is -2.28. The molecule has 6 rings (SSSR count). The number of rotatable bonds is 22. The second kappa shape index (κ2) is 22.1. The molecule has 0 aliphatic carbocycles. The third-order valence-electron chi connectivity index (χ3n) is 10.4. The predicted octanol–water partition coefficient (Wildman–Crippen LogP) is 10.2. The normalized spacial score (nSPS) is 13.8. The van der Waals surface area contributed by atoms with E-state index in [0.29, 0.717) is 13.2 Å². The van der Waals surface area contributed by atoms with E-state index in [1.807, 2.05) is 133 Å². The Morgan fingerprint density at radius 1 is 0.492 bits per heavy atom. The van der Waals surface area contributed by atoms with Gasteiger partial charge in [0.15, 0.2) is 0 Å². The molecule has 6 aromatic carbocycles. The molecule has 0 amide bonds. The fourth-order valence-corrected chi connectivity index (χ4v) is 12.1. The Balaban J connectivity index is 1.44. The van der Waals surface area contributed by atoms with Crippen molar-refractivity contribution in [3.63, 3.8) is 0 Å². The molecule has 0 saturated heterocycles. The van der Waals surface area contributed by atoms with Crippen LogP contribution in [0.15, 0.2) is 187 Å². The Kier molecular flexibility index (Phi) is 16.2. The summed E-state index contributed by atoms with van der Waals surface area (Å²) in [5.74, 6) is 0. The van der Waals surface area contributed by atoms with Gasteiger partial charge < -0.3 is 23.4 Å². The van der Waals surface area contributed by atoms with Crippen LogP contribution in [0.4, 0.5) is 0 Å². The first kappa shape index (κ1) is 43.2. The monoisotopic (exact) mass is 805 g/mol. The van der Waals surface area contributed by atoms with Gasteiger partial charge in [0.2, 0.25) is 0 Å². The molecule has 0 bridgehead atoms. The fraction of sp³-hybridized carbons (Fsp3) is 0.280. The molecule has 0 aliphatic heterocycles. The fourth-order valence-electron chi connectivity index (χ4n) is 7.49. The van der Waals surface area contributed by atoms with E-state index in [1.165, 1.54) is 0 Å². The molecule has 0 fully saturated rings. The van der Waals surface area contributed by atoms with Crippen molar-refractivity contribution in [3.8, 4) is 0 Å². The van der Waals surface area contributed by atoms with Crippen LogP contribution >= 0.6 is 0 Å². The summed E-state index contributed by atoms with van der Waals surface area (Å²) < 4.78 is 34.8. The predicted molar refractivity (Wildman–Crippen MR) is 238 cm³/mol. The number of nitrogens with zero attached hydrogens (tertiary/aromatic N) is 3. The van der Waals surface area contributed by atoms with Crippen molar-refractivity contribution in [3.05, 3.63) is 215 Å². The Hall–Kier alpha value is -5.35. The molecule has 0 spiro atoms. The number of benzene rings is 6. The smallest absolute Gasteiger partial charge is 0.261 e. The quantitative estimate of drug-likeness (QED) is 0.0295. The topological polar surface area (TPSA) is 94.9 Å². The Labute approximate surface area is 350 Å². The molecule has 0 aromatic heterocycles. The molecule has 9 heteroatoms. The van der Waals surface area contributed by atoms with Crippen LogP contribution in [-0.2, 0) is 49.8 Å². The highest BCUT2D eigenvalue weighted by Gasteiger charge is 2.51. The van der Waals surface area contributed by atoms with Crippen molar-refractivity contribution in [2.75, 3.05) is 13.2 Å². The minimum atomic E-state index is -3.04. The van der Waals surface area contributed by atoms with Crippen LogP contribution in [0.1, 0.15) is 43.0 Å². The lowest BCUT2D eigenvalue weighted by Gasteiger charge is -2.44. The van der Waals surface area contributed by atoms with Crippen LogP contribution in [0.5, 0.6) is 0 Å². The summed E-state index contributed by atoms with van der Waals surface area (Å²) >= 11 is 0. The van der Waals surface area contributed by atoms with Crippen molar-refractivity contribution in [2.45, 2.75) is 76.6 Å². The zero-order chi connectivity index (χ0) is 41.2. The van der Waals surface area contributed by atoms with Crippen molar-refractivity contribution in [1.29, 1.82) is 0 Å². The van der Waals surface area contributed by atoms with Crippen LogP contribution in [0.2, 0.25) is 5.04 Å². The Morgan fingerprint density at radius 3 is 1.27 bits per heavy atom. The number of hydrogen-bond acceptors (Lipinski definition) is 6. The molecule has 59 heavy (non-hydrogen) atoms. The summed E-state index contributed by atoms with van der Waals surface area (Å²) in [7, 11) is -3.04. The number of azide groups is 1. The first-order valence-electron chi connectivity index (χ1n) is 20.2. The standard InChI is InChI=1S/C50H55N3O5Si/c1-50(2,3)59(44-30-18-8-19-31-44,45-32-20-9-21-33-45)58-39-47(55-35-41-24-12-5-13-25-41)49(57-37-43-28-16-7-17-29-43)48(56-36-42-26-14-6-15-27-42)46(52-53-51)38-54-34-40-22-10-4-11-23-40/h4-33,46-49H,34-39H2,1-3H3/t46-,47+,48-,49-/m1/s1. The zero-order valence-electron chi connectivity index (χ0n) is 34.3. The molecule has 6 aromatic rings. The van der Waals surface area contributed by atoms with Crippen LogP contribution in [-0.4, -0.2) is 45.9 Å². The van der Waals surface area contributed by atoms with Gasteiger partial charge in [-0.2, -0.15) is 0 Å². The number of ether oxygens (including phenoxy) is 4. The van der Waals surface area contributed by atoms with Gasteiger partial charge in [0.1, 0.15) is 12.2 Å². The molecule has 0 heterocycles. The van der Waals surface area contributed by atoms with Gasteiger partial charge in [-0.15, -0.1) is 0 Å². The molecule has 0 radical (unpaired) electrons. The van der Waals surface area contributed by atoms with Crippen molar-refractivity contribution in [1.82, 2.24) is 0 Å². The van der Waals surface area contributed by atoms with Crippen molar-refractivity contribution in [2.24, 2.45) is 5.11 Å². The minimum absolute atomic E-state index is 0.0879. The molecular formula is C50H55N3O5Si. The summed E-state index contributed by atoms with van der Waals surface area (Å²) in [5, 5.41) is 6.37. The van der Waals surface area contributed by atoms with Gasteiger partial charge in [0.05, 0.1) is 51.8 Å². The van der Waals surface area contributed by atoms with E-state index >= 15 is 0 Å². The summed E-state index contributed by atoms with van der Waals surface area (Å²) in [4.78, 5) is 3.33. The third kappa shape index (κ3) is 12.1. The lowest BCUT2D eigenvalue weighted by molar-refractivity contribution is -0.169. The molecule has 0 unspecified atom stereocenters. The van der Waals surface area contributed by atoms with E-state index in [1.54, 1.807) is 0 Å². The summed E-state index contributed by atoms with van der Waals surface area (Å²) in [6.45, 7) is 8.17. The van der Waals surface area contributed by atoms with Crippen LogP contribution in [0.25, 0.3) is 10.4 Å². The van der Waals surface area contributed by atoms with Crippen molar-refractivity contribution >= 4 is 18.7 Å². The van der Waals surface area contributed by atoms with Crippen LogP contribution < -0.4 is 10.4 Å². The van der Waals surface area contributed by atoms with Gasteiger partial charge in [-0.25, -0.2) is 0 Å². The molecule has 304 valence electrons. The van der Waals surface area contributed by atoms with E-state index in [-0.39, 0.29) is 31.5 Å². The first-order chi connectivity index (χ1) is 28.9. The first-order valence-corrected chi connectivity index (χ1v) is 22.2. The van der Waals surface area contributed by atoms with E-state index in [9.17, 15) is 5.53 Å². The van der Waals surface area contributed by atoms with Crippen LogP contribution in [0.3, 0.4) is 0 Å². The minimum Gasteiger partial charge on any atom is -0.405 e. The lowest BCUT2D eigenvalue weighted by atomic mass is 10.0. The molecule has 8 nitrogen and oxygen atoms in total. The highest BCUT2D eigenvalue weighted by atomic mass is 28.4. The van der Waals surface area contributed by atoms with Gasteiger partial charge in [0, 0.05) is 4.91 Å². The van der Waals surface area contributed by atoms with Crippen LogP contribution in [0, 0.1) is 0 Å². The zero-order valence-corrected chi connectivity index (χ0v) is 35.3. The molecular weight excluding hydrogens is 751 g/mol. The maximum atomic E-state index is 10.1. The second-order valence-corrected chi connectivity index (χ2v) is 19.9. The maximum Gasteiger partial charge on any atom is 0.261 e. The van der Waals surface area contributed by atoms with E-state index in [4.69, 9.17) is 23.4 Å². The van der Waals surface area contributed by atoms with Gasteiger partial charge in [-0.05, 0) is 43.2 Å². The molecule has 4 atom stereocenters. The van der Waals surface area contributed by atoms with E-state index < -0.39 is 32.7 Å². The van der Waals surface area contributed by atoms with Gasteiger partial charge in [-0.3, -0.25) is 0 Å². The summed E-state index contributed by atoms with van der Waals surface area (Å²) in [6, 6.07) is 60.4. The van der Waals surface area contributed by atoms with Gasteiger partial charge in [0.25, 0.3) is 8.32 Å². The van der Waals surface area contributed by atoms with Gasteiger partial charge in [-0.1, -0.05) is 208 Å². The lowest BCUT2D eigenvalue weighted by Crippen LogP contribution is -2.67. The third-order valence-corrected chi connectivity index (χ3v) is 15.4. The Bertz CT molecular complexity index is 2080. The summed E-state index contributed by atoms with van der Waals surface area (Å²) in [5.41, 5.74) is 14.0. The average Bonchev–Trinajstić information content (AvgIpc) is 3.28. The average molecular weight is 806 g/mol. The SMILES string of the molecule is CC(C)(C)[Si](OC[C@H](OCc1ccccc1)[C@@H](OCc1ccccc1)[C@H](OCc1ccccc1)[C@@H](COCc1ccccc1)N=[N+]=[N-])(c1ccccc1)c1ccccc1. The molecule has 0 saturated carbocycles. The highest BCUT2D eigenvalue weighted by molar-refractivity contribution is 6.99. The number of hydrogen-bond donors (Lipinski definition) is 0. The second-order valence-electron chi connectivity index (χ2n) is 15.6. The Morgan fingerprint density at radius 2 is 0.864 bits per heavy atom. The van der Waals surface area contributed by atoms with Gasteiger partial charge >= 0.3 is 0 Å². The van der Waals surface area contributed by atoms with E-state index in [2.05, 4.69) is 79.3 Å². The van der Waals surface area contributed by atoms with E-state index in [0.717, 1.165) is 32.6 Å². The highest BCUT2D eigenvalue weighted by Crippen LogP contribution is 2.37. The van der Waals surface area contributed by atoms with Crippen molar-refractivity contribution < 1.29 is 23.4 Å². The maximum absolute atomic E-state index is 10.1. The largest absolute Gasteiger partial charge is 0.405 e.